The van der Waals surface area contributed by atoms with Gasteiger partial charge in [0.1, 0.15) is 5.60 Å². The maximum absolute atomic E-state index is 12.3. The zero-order chi connectivity index (χ0) is 17.0. The molecule has 1 aromatic carbocycles. The second kappa shape index (κ2) is 7.23. The number of nitrogens with one attached hydrogen (secondary N) is 1. The van der Waals surface area contributed by atoms with E-state index in [1.165, 1.54) is 24.3 Å². The largest absolute Gasteiger partial charge is 0.446 e. The number of hydrogen-bond donors (Lipinski definition) is 2. The number of alkyl halides is 3. The Morgan fingerprint density at radius 3 is 2.23 bits per heavy atom. The molecule has 8 heteroatoms. The first kappa shape index (κ1) is 18.6. The van der Waals surface area contributed by atoms with Crippen molar-refractivity contribution in [1.29, 1.82) is 0 Å². The number of thioether (sulfide) groups is 1. The van der Waals surface area contributed by atoms with Gasteiger partial charge in [0.05, 0.1) is 6.04 Å². The monoisotopic (exact) mass is 336 g/mol. The second-order valence-electron chi connectivity index (χ2n) is 5.55. The quantitative estimate of drug-likeness (QED) is 0.821. The Hall–Kier alpha value is -1.41. The van der Waals surface area contributed by atoms with Gasteiger partial charge in [-0.1, -0.05) is 12.1 Å². The van der Waals surface area contributed by atoms with Crippen LogP contribution in [0, 0.1) is 0 Å². The Labute approximate surface area is 131 Å². The molecule has 0 spiro atoms. The summed E-state index contributed by atoms with van der Waals surface area (Å²) >= 11 is -0.193. The highest BCUT2D eigenvalue weighted by Crippen LogP contribution is 2.36. The SMILES string of the molecule is CC(C)(C)OC(=O)NC(CN)c1ccc(SC(F)(F)F)cc1. The summed E-state index contributed by atoms with van der Waals surface area (Å²) in [4.78, 5) is 11.8. The maximum atomic E-state index is 12.3. The molecule has 1 atom stereocenters. The van der Waals surface area contributed by atoms with Crippen LogP contribution in [-0.2, 0) is 4.74 Å². The molecule has 0 heterocycles. The molecule has 0 aliphatic heterocycles. The van der Waals surface area contributed by atoms with E-state index in [0.29, 0.717) is 5.56 Å². The number of carbonyl (C=O) groups excluding carboxylic acids is 1. The van der Waals surface area contributed by atoms with Gasteiger partial charge in [-0.05, 0) is 50.2 Å². The van der Waals surface area contributed by atoms with Crippen LogP contribution in [0.15, 0.2) is 29.2 Å². The van der Waals surface area contributed by atoms with E-state index < -0.39 is 23.2 Å². The summed E-state index contributed by atoms with van der Waals surface area (Å²) in [5.41, 5.74) is 1.24. The first-order chi connectivity index (χ1) is 10.00. The molecule has 124 valence electrons. The highest BCUT2D eigenvalue weighted by Gasteiger charge is 2.29. The summed E-state index contributed by atoms with van der Waals surface area (Å²) in [6.45, 7) is 5.29. The molecular formula is C14H19F3N2O2S. The normalized spacial score (nSPS) is 13.6. The van der Waals surface area contributed by atoms with Gasteiger partial charge in [0.25, 0.3) is 0 Å². The molecule has 0 radical (unpaired) electrons. The number of ether oxygens (including phenoxy) is 1. The van der Waals surface area contributed by atoms with Crippen LogP contribution in [0.1, 0.15) is 32.4 Å². The number of nitrogens with two attached hydrogens (primary N) is 1. The first-order valence-corrected chi connectivity index (χ1v) is 7.37. The van der Waals surface area contributed by atoms with Gasteiger partial charge in [0, 0.05) is 11.4 Å². The topological polar surface area (TPSA) is 64.3 Å². The van der Waals surface area contributed by atoms with Crippen LogP contribution < -0.4 is 11.1 Å². The minimum atomic E-state index is -4.33. The van der Waals surface area contributed by atoms with E-state index in [2.05, 4.69) is 5.32 Å². The lowest BCUT2D eigenvalue weighted by molar-refractivity contribution is -0.0328. The van der Waals surface area contributed by atoms with Gasteiger partial charge in [0.15, 0.2) is 0 Å². The molecule has 0 aliphatic carbocycles. The van der Waals surface area contributed by atoms with Crippen LogP contribution >= 0.6 is 11.8 Å². The van der Waals surface area contributed by atoms with Crippen molar-refractivity contribution in [2.24, 2.45) is 5.73 Å². The third kappa shape index (κ3) is 7.04. The van der Waals surface area contributed by atoms with Crippen molar-refractivity contribution < 1.29 is 22.7 Å². The van der Waals surface area contributed by atoms with E-state index in [-0.39, 0.29) is 23.2 Å². The molecule has 1 rings (SSSR count). The van der Waals surface area contributed by atoms with E-state index in [9.17, 15) is 18.0 Å². The van der Waals surface area contributed by atoms with Crippen molar-refractivity contribution in [1.82, 2.24) is 5.32 Å². The lowest BCUT2D eigenvalue weighted by Gasteiger charge is -2.23. The number of hydrogen-bond acceptors (Lipinski definition) is 4. The van der Waals surface area contributed by atoms with E-state index in [1.807, 2.05) is 0 Å². The summed E-state index contributed by atoms with van der Waals surface area (Å²) in [6.07, 6.45) is -0.628. The molecule has 4 nitrogen and oxygen atoms in total. The average molecular weight is 336 g/mol. The van der Waals surface area contributed by atoms with Crippen LogP contribution in [0.2, 0.25) is 0 Å². The number of halogens is 3. The second-order valence-corrected chi connectivity index (χ2v) is 6.69. The fraction of sp³-hybridized carbons (Fsp3) is 0.500. The lowest BCUT2D eigenvalue weighted by atomic mass is 10.1. The van der Waals surface area contributed by atoms with E-state index in [4.69, 9.17) is 10.5 Å². The van der Waals surface area contributed by atoms with Gasteiger partial charge in [-0.25, -0.2) is 4.79 Å². The van der Waals surface area contributed by atoms with Crippen LogP contribution in [0.4, 0.5) is 18.0 Å². The molecule has 0 saturated heterocycles. The molecule has 0 fully saturated rings. The smallest absolute Gasteiger partial charge is 0.444 e. The highest BCUT2D eigenvalue weighted by atomic mass is 32.2. The molecule has 0 bridgehead atoms. The Morgan fingerprint density at radius 2 is 1.82 bits per heavy atom. The van der Waals surface area contributed by atoms with Crippen LogP contribution in [-0.4, -0.2) is 23.7 Å². The van der Waals surface area contributed by atoms with Gasteiger partial charge in [-0.15, -0.1) is 0 Å². The number of benzene rings is 1. The third-order valence-corrected chi connectivity index (χ3v) is 3.18. The highest BCUT2D eigenvalue weighted by molar-refractivity contribution is 8.00. The van der Waals surface area contributed by atoms with Gasteiger partial charge in [0.2, 0.25) is 0 Å². The van der Waals surface area contributed by atoms with Gasteiger partial charge in [-0.3, -0.25) is 0 Å². The molecular weight excluding hydrogens is 317 g/mol. The summed E-state index contributed by atoms with van der Waals surface area (Å²) in [7, 11) is 0. The molecule has 1 unspecified atom stereocenters. The summed E-state index contributed by atoms with van der Waals surface area (Å²) in [5.74, 6) is 0. The van der Waals surface area contributed by atoms with Crippen molar-refractivity contribution in [3.05, 3.63) is 29.8 Å². The van der Waals surface area contributed by atoms with E-state index in [0.717, 1.165) is 0 Å². The van der Waals surface area contributed by atoms with Gasteiger partial charge < -0.3 is 15.8 Å². The fourth-order valence-corrected chi connectivity index (χ4v) is 2.17. The van der Waals surface area contributed by atoms with Gasteiger partial charge >= 0.3 is 11.6 Å². The Bertz CT molecular complexity index is 498. The molecule has 1 amide bonds. The number of amides is 1. The predicted molar refractivity (Wildman–Crippen MR) is 79.5 cm³/mol. The minimum absolute atomic E-state index is 0.0734. The Balaban J connectivity index is 2.73. The standard InChI is InChI=1S/C14H19F3N2O2S/c1-13(2,3)21-12(20)19-11(8-18)9-4-6-10(7-5-9)22-14(15,16)17/h4-7,11H,8,18H2,1-3H3,(H,19,20). The van der Waals surface area contributed by atoms with Crippen LogP contribution in [0.5, 0.6) is 0 Å². The average Bonchev–Trinajstić information content (AvgIpc) is 2.33. The molecule has 22 heavy (non-hydrogen) atoms. The molecule has 0 saturated carbocycles. The van der Waals surface area contributed by atoms with Gasteiger partial charge in [-0.2, -0.15) is 13.2 Å². The van der Waals surface area contributed by atoms with E-state index >= 15 is 0 Å². The number of rotatable bonds is 4. The zero-order valence-electron chi connectivity index (χ0n) is 12.5. The lowest BCUT2D eigenvalue weighted by Crippen LogP contribution is -2.37. The summed E-state index contributed by atoms with van der Waals surface area (Å²) in [5, 5.41) is 2.59. The van der Waals surface area contributed by atoms with Crippen molar-refractivity contribution in [3.8, 4) is 0 Å². The third-order valence-electron chi connectivity index (χ3n) is 2.44. The molecule has 3 N–H and O–H groups in total. The number of carbonyl (C=O) groups is 1. The molecule has 0 aromatic heterocycles. The fourth-order valence-electron chi connectivity index (χ4n) is 1.63. The summed E-state index contributed by atoms with van der Waals surface area (Å²) < 4.78 is 41.9. The first-order valence-electron chi connectivity index (χ1n) is 6.55. The Morgan fingerprint density at radius 1 is 1.27 bits per heavy atom. The Kier molecular flexibility index (Phi) is 6.13. The van der Waals surface area contributed by atoms with Crippen molar-refractivity contribution >= 4 is 17.9 Å². The predicted octanol–water partition coefficient (Wildman–Crippen LogP) is 3.82. The summed E-state index contributed by atoms with van der Waals surface area (Å²) in [6, 6.07) is 5.16. The van der Waals surface area contributed by atoms with E-state index in [1.54, 1.807) is 20.8 Å². The number of alkyl carbamates (subject to hydrolysis) is 1. The zero-order valence-corrected chi connectivity index (χ0v) is 13.3. The molecule has 0 aliphatic rings. The van der Waals surface area contributed by atoms with Crippen LogP contribution in [0.25, 0.3) is 0 Å². The minimum Gasteiger partial charge on any atom is -0.444 e. The molecule has 1 aromatic rings. The maximum Gasteiger partial charge on any atom is 0.446 e. The van der Waals surface area contributed by atoms with Crippen molar-refractivity contribution in [3.63, 3.8) is 0 Å². The van der Waals surface area contributed by atoms with Crippen molar-refractivity contribution in [2.45, 2.75) is 42.8 Å². The van der Waals surface area contributed by atoms with Crippen molar-refractivity contribution in [2.75, 3.05) is 6.54 Å². The van der Waals surface area contributed by atoms with Crippen LogP contribution in [0.3, 0.4) is 0 Å².